The summed E-state index contributed by atoms with van der Waals surface area (Å²) in [6.45, 7) is 2.55. The lowest BCUT2D eigenvalue weighted by Crippen LogP contribution is -2.20. The highest BCUT2D eigenvalue weighted by Crippen LogP contribution is 2.30. The zero-order valence-corrected chi connectivity index (χ0v) is 20.3. The number of nitrogens with two attached hydrogens (primary N) is 1. The molecule has 0 saturated heterocycles. The Morgan fingerprint density at radius 3 is 2.68 bits per heavy atom. The number of ether oxygens (including phenoxy) is 2. The van der Waals surface area contributed by atoms with Gasteiger partial charge in [-0.1, -0.05) is 5.16 Å². The molecule has 2 aromatic carbocycles. The van der Waals surface area contributed by atoms with Crippen LogP contribution in [0.15, 0.2) is 53.5 Å². The van der Waals surface area contributed by atoms with E-state index in [2.05, 4.69) is 30.7 Å². The number of H-pyrrole nitrogens is 1. The number of nitrogens with one attached hydrogen (secondary N) is 3. The third kappa shape index (κ3) is 7.70. The summed E-state index contributed by atoms with van der Waals surface area (Å²) in [5.41, 5.74) is 9.25. The number of benzene rings is 2. The molecule has 38 heavy (non-hydrogen) atoms. The van der Waals surface area contributed by atoms with E-state index in [1.165, 1.54) is 12.1 Å². The molecular weight excluding hydrogens is 505 g/mol. The minimum absolute atomic E-state index is 0.0516. The number of amides is 1. The van der Waals surface area contributed by atoms with Crippen LogP contribution in [0.2, 0.25) is 0 Å². The molecule has 0 aliphatic heterocycles. The van der Waals surface area contributed by atoms with Gasteiger partial charge in [0.1, 0.15) is 12.0 Å². The van der Waals surface area contributed by atoms with E-state index in [9.17, 15) is 18.0 Å². The average Bonchev–Trinajstić information content (AvgIpc) is 3.56. The first-order valence-corrected chi connectivity index (χ1v) is 11.9. The Kier molecular flexibility index (Phi) is 8.81. The van der Waals surface area contributed by atoms with E-state index in [0.717, 1.165) is 46.6 Å². The van der Waals surface area contributed by atoms with E-state index in [1.54, 1.807) is 18.7 Å². The molecule has 0 spiro atoms. The van der Waals surface area contributed by atoms with Crippen LogP contribution < -0.4 is 21.1 Å². The second-order valence-electron chi connectivity index (χ2n) is 8.47. The van der Waals surface area contributed by atoms with Crippen LogP contribution in [0.1, 0.15) is 28.8 Å². The van der Waals surface area contributed by atoms with Crippen molar-refractivity contribution in [2.45, 2.75) is 25.7 Å². The number of aromatic amines is 1. The van der Waals surface area contributed by atoms with Gasteiger partial charge in [0, 0.05) is 41.9 Å². The van der Waals surface area contributed by atoms with Crippen LogP contribution in [0.5, 0.6) is 5.75 Å². The van der Waals surface area contributed by atoms with Crippen molar-refractivity contribution in [3.63, 3.8) is 0 Å². The van der Waals surface area contributed by atoms with E-state index in [0.29, 0.717) is 31.9 Å². The van der Waals surface area contributed by atoms with E-state index in [1.807, 2.05) is 12.1 Å². The third-order valence-electron chi connectivity index (χ3n) is 5.59. The maximum atomic E-state index is 12.5. The van der Waals surface area contributed by atoms with Gasteiger partial charge in [0.15, 0.2) is 0 Å². The molecule has 0 fully saturated rings. The summed E-state index contributed by atoms with van der Waals surface area (Å²) >= 11 is 0. The summed E-state index contributed by atoms with van der Waals surface area (Å²) in [5, 5.41) is 18.3. The van der Waals surface area contributed by atoms with Crippen LogP contribution in [0.25, 0.3) is 22.0 Å². The van der Waals surface area contributed by atoms with Crippen molar-refractivity contribution in [1.29, 1.82) is 0 Å². The number of nitrogens with zero attached hydrogens (tertiary/aromatic N) is 2. The molecule has 4 aromatic rings. The number of unbranched alkanes of at least 4 members (excludes halogenated alkanes) is 1. The summed E-state index contributed by atoms with van der Waals surface area (Å²) in [6, 6.07) is 7.62. The smallest absolute Gasteiger partial charge is 0.406 e. The number of carbonyl (C=O) groups excluding carboxylic acids is 1. The van der Waals surface area contributed by atoms with Crippen LogP contribution >= 0.6 is 0 Å². The number of alkyl halides is 3. The lowest BCUT2D eigenvalue weighted by atomic mass is 10.1. The van der Waals surface area contributed by atoms with Gasteiger partial charge < -0.3 is 30.4 Å². The minimum Gasteiger partial charge on any atom is -0.406 e. The average molecular weight is 533 g/mol. The fourth-order valence-electron chi connectivity index (χ4n) is 3.86. The van der Waals surface area contributed by atoms with Gasteiger partial charge in [0.05, 0.1) is 24.5 Å². The lowest BCUT2D eigenvalue weighted by molar-refractivity contribution is -0.274. The van der Waals surface area contributed by atoms with Crippen molar-refractivity contribution in [3.05, 3.63) is 60.1 Å². The number of hydrogen-bond donors (Lipinski definition) is 4. The predicted octanol–water partition coefficient (Wildman–Crippen LogP) is 4.21. The Labute approximate surface area is 215 Å². The maximum Gasteiger partial charge on any atom is 0.573 e. The zero-order chi connectivity index (χ0) is 27.0. The van der Waals surface area contributed by atoms with Crippen LogP contribution in [0.4, 0.5) is 18.9 Å². The van der Waals surface area contributed by atoms with Gasteiger partial charge in [-0.2, -0.15) is 5.10 Å². The second-order valence-corrected chi connectivity index (χ2v) is 8.47. The van der Waals surface area contributed by atoms with Gasteiger partial charge in [-0.05, 0) is 60.8 Å². The van der Waals surface area contributed by atoms with Gasteiger partial charge in [-0.15, -0.1) is 13.2 Å². The molecule has 0 radical (unpaired) electrons. The van der Waals surface area contributed by atoms with Crippen LogP contribution in [-0.2, 0) is 11.3 Å². The normalized spacial score (nSPS) is 11.7. The summed E-state index contributed by atoms with van der Waals surface area (Å²) in [7, 11) is 0. The highest BCUT2D eigenvalue weighted by atomic mass is 19.4. The molecule has 4 rings (SSSR count). The van der Waals surface area contributed by atoms with Gasteiger partial charge in [0.25, 0.3) is 0 Å². The Morgan fingerprint density at radius 1 is 1.05 bits per heavy atom. The number of hydrogen-bond acceptors (Lipinski definition) is 8. The molecule has 0 aliphatic rings. The number of primary amides is 1. The number of halogens is 3. The molecule has 1 amide bonds. The molecule has 2 aromatic heterocycles. The van der Waals surface area contributed by atoms with Crippen molar-refractivity contribution in [2.75, 3.05) is 31.6 Å². The van der Waals surface area contributed by atoms with E-state index < -0.39 is 18.0 Å². The van der Waals surface area contributed by atoms with Gasteiger partial charge in [0.2, 0.25) is 5.91 Å². The largest absolute Gasteiger partial charge is 0.573 e. The molecule has 10 nitrogen and oxygen atoms in total. The van der Waals surface area contributed by atoms with Crippen LogP contribution in [-0.4, -0.2) is 53.9 Å². The first-order chi connectivity index (χ1) is 18.3. The SMILES string of the molecule is NC(=O)c1cc(CNCCCCOCCNc2cc(-c3cnoc3)cc3[nH]ncc23)cc(OC(F)(F)F)c1. The van der Waals surface area contributed by atoms with Gasteiger partial charge in [-0.3, -0.25) is 9.89 Å². The summed E-state index contributed by atoms with van der Waals surface area (Å²) < 4.78 is 52.2. The van der Waals surface area contributed by atoms with Crippen molar-refractivity contribution in [3.8, 4) is 16.9 Å². The molecule has 13 heteroatoms. The number of anilines is 1. The highest BCUT2D eigenvalue weighted by Gasteiger charge is 2.31. The standard InChI is InChI=1S/C25H27F3N6O4/c26-25(27,28)38-20-8-16(7-18(9-20)24(29)35)12-30-3-1-2-5-36-6-4-31-22-10-17(19-13-33-37-15-19)11-23-21(22)14-32-34-23/h7-11,13-15,30-31H,1-6,12H2,(H2,29,35)(H,32,34). The summed E-state index contributed by atoms with van der Waals surface area (Å²) in [6.07, 6.45) is 1.73. The first-order valence-electron chi connectivity index (χ1n) is 11.9. The highest BCUT2D eigenvalue weighted by molar-refractivity contribution is 5.95. The van der Waals surface area contributed by atoms with E-state index in [-0.39, 0.29) is 12.1 Å². The third-order valence-corrected chi connectivity index (χ3v) is 5.59. The van der Waals surface area contributed by atoms with Crippen LogP contribution in [0.3, 0.4) is 0 Å². The number of rotatable bonds is 14. The minimum atomic E-state index is -4.86. The Morgan fingerprint density at radius 2 is 1.92 bits per heavy atom. The molecule has 5 N–H and O–H groups in total. The van der Waals surface area contributed by atoms with Gasteiger partial charge >= 0.3 is 6.36 Å². The van der Waals surface area contributed by atoms with E-state index >= 15 is 0 Å². The summed E-state index contributed by atoms with van der Waals surface area (Å²) in [4.78, 5) is 11.4. The number of aromatic nitrogens is 3. The predicted molar refractivity (Wildman–Crippen MR) is 133 cm³/mol. The molecule has 202 valence electrons. The second kappa shape index (κ2) is 12.4. The topological polar surface area (TPSA) is 140 Å². The van der Waals surface area contributed by atoms with E-state index in [4.69, 9.17) is 15.0 Å². The molecule has 0 aliphatic carbocycles. The summed E-state index contributed by atoms with van der Waals surface area (Å²) in [5.74, 6) is -1.31. The fraction of sp³-hybridized carbons (Fsp3) is 0.320. The Balaban J connectivity index is 1.14. The fourth-order valence-corrected chi connectivity index (χ4v) is 3.86. The maximum absolute atomic E-state index is 12.5. The quantitative estimate of drug-likeness (QED) is 0.177. The lowest BCUT2D eigenvalue weighted by Gasteiger charge is -2.12. The Hall–Kier alpha value is -4.10. The van der Waals surface area contributed by atoms with Gasteiger partial charge in [-0.25, -0.2) is 0 Å². The van der Waals surface area contributed by atoms with Crippen molar-refractivity contribution < 1.29 is 32.0 Å². The van der Waals surface area contributed by atoms with Crippen molar-refractivity contribution in [1.82, 2.24) is 20.7 Å². The molecule has 0 bridgehead atoms. The molecule has 0 atom stereocenters. The zero-order valence-electron chi connectivity index (χ0n) is 20.3. The van der Waals surface area contributed by atoms with Crippen LogP contribution in [0, 0.1) is 0 Å². The Bertz CT molecular complexity index is 1340. The molecular formula is C25H27F3N6O4. The number of fused-ring (bicyclic) bond motifs is 1. The van der Waals surface area contributed by atoms with Crippen molar-refractivity contribution >= 4 is 22.5 Å². The monoisotopic (exact) mass is 532 g/mol. The number of carbonyl (C=O) groups is 1. The molecule has 0 saturated carbocycles. The first kappa shape index (κ1) is 26.9. The molecule has 0 unspecified atom stereocenters. The molecule has 2 heterocycles. The van der Waals surface area contributed by atoms with Crippen molar-refractivity contribution in [2.24, 2.45) is 5.73 Å².